The molecule has 2 heterocycles. The van der Waals surface area contributed by atoms with Gasteiger partial charge in [0.2, 0.25) is 0 Å². The number of pyridine rings is 1. The smallest absolute Gasteiger partial charge is 0.152 e. The Labute approximate surface area is 106 Å². The minimum atomic E-state index is 0.128. The van der Waals surface area contributed by atoms with Crippen LogP contribution in [0.15, 0.2) is 24.5 Å². The van der Waals surface area contributed by atoms with Crippen LogP contribution in [0.4, 0.5) is 5.69 Å². The van der Waals surface area contributed by atoms with Gasteiger partial charge in [-0.2, -0.15) is 5.10 Å². The molecule has 2 rings (SSSR count). The Morgan fingerprint density at radius 1 is 1.47 bits per heavy atom. The lowest BCUT2D eigenvalue weighted by Gasteiger charge is -2.16. The summed E-state index contributed by atoms with van der Waals surface area (Å²) in [7, 11) is 1.92. The second kappa shape index (κ2) is 4.75. The first-order valence-electron chi connectivity index (χ1n) is 5.44. The van der Waals surface area contributed by atoms with Crippen LogP contribution in [0.3, 0.4) is 0 Å². The fourth-order valence-electron chi connectivity index (χ4n) is 1.77. The maximum Gasteiger partial charge on any atom is 0.152 e. The lowest BCUT2D eigenvalue weighted by molar-refractivity contribution is 0.675. The molecule has 0 amide bonds. The van der Waals surface area contributed by atoms with Gasteiger partial charge in [-0.25, -0.2) is 4.98 Å². The predicted octanol–water partition coefficient (Wildman–Crippen LogP) is 2.95. The Hall–Kier alpha value is -1.55. The van der Waals surface area contributed by atoms with Crippen LogP contribution in [0.25, 0.3) is 0 Å². The van der Waals surface area contributed by atoms with Crippen molar-refractivity contribution in [2.75, 3.05) is 5.32 Å². The highest BCUT2D eigenvalue weighted by Crippen LogP contribution is 2.24. The van der Waals surface area contributed by atoms with Crippen LogP contribution in [0.5, 0.6) is 0 Å². The van der Waals surface area contributed by atoms with E-state index in [9.17, 15) is 0 Å². The van der Waals surface area contributed by atoms with Gasteiger partial charge in [0.05, 0.1) is 17.4 Å². The van der Waals surface area contributed by atoms with Crippen molar-refractivity contribution in [2.24, 2.45) is 7.05 Å². The molecular weight excluding hydrogens is 236 g/mol. The third kappa shape index (κ3) is 2.58. The van der Waals surface area contributed by atoms with E-state index in [-0.39, 0.29) is 6.04 Å². The first-order chi connectivity index (χ1) is 8.08. The van der Waals surface area contributed by atoms with Gasteiger partial charge in [-0.1, -0.05) is 11.6 Å². The van der Waals surface area contributed by atoms with Crippen molar-refractivity contribution in [3.05, 3.63) is 40.9 Å². The number of rotatable bonds is 3. The number of hydrogen-bond donors (Lipinski definition) is 1. The van der Waals surface area contributed by atoms with E-state index in [1.807, 2.05) is 30.8 Å². The van der Waals surface area contributed by atoms with Crippen molar-refractivity contribution in [1.82, 2.24) is 14.8 Å². The van der Waals surface area contributed by atoms with E-state index >= 15 is 0 Å². The van der Waals surface area contributed by atoms with E-state index < -0.39 is 0 Å². The van der Waals surface area contributed by atoms with Crippen molar-refractivity contribution in [1.29, 1.82) is 0 Å². The monoisotopic (exact) mass is 250 g/mol. The molecule has 5 heteroatoms. The zero-order valence-electron chi connectivity index (χ0n) is 10.1. The van der Waals surface area contributed by atoms with Crippen molar-refractivity contribution < 1.29 is 0 Å². The van der Waals surface area contributed by atoms with Gasteiger partial charge in [0, 0.05) is 19.4 Å². The molecule has 2 aromatic rings. The Kier molecular flexibility index (Phi) is 3.33. The maximum absolute atomic E-state index is 6.05. The molecule has 1 N–H and O–H groups in total. The third-order valence-corrected chi connectivity index (χ3v) is 2.95. The zero-order chi connectivity index (χ0) is 12.4. The molecule has 2 aromatic heterocycles. The number of aromatic nitrogens is 3. The minimum absolute atomic E-state index is 0.128. The molecular formula is C12H15ClN4. The highest BCUT2D eigenvalue weighted by molar-refractivity contribution is 6.31. The van der Waals surface area contributed by atoms with Gasteiger partial charge in [0.1, 0.15) is 0 Å². The Morgan fingerprint density at radius 2 is 2.24 bits per heavy atom. The standard InChI is InChI=1S/C12H15ClN4/c1-8-6-10(12(13)14-7-8)16-9(2)11-4-5-15-17(11)3/h4-7,9,16H,1-3H3. The summed E-state index contributed by atoms with van der Waals surface area (Å²) in [5, 5.41) is 7.98. The summed E-state index contributed by atoms with van der Waals surface area (Å²) in [5.41, 5.74) is 3.03. The number of aryl methyl sites for hydroxylation is 2. The molecule has 0 spiro atoms. The minimum Gasteiger partial charge on any atom is -0.374 e. The average Bonchev–Trinajstić information content (AvgIpc) is 2.70. The van der Waals surface area contributed by atoms with Crippen LogP contribution in [-0.4, -0.2) is 14.8 Å². The molecule has 0 saturated carbocycles. The number of nitrogens with one attached hydrogen (secondary N) is 1. The molecule has 17 heavy (non-hydrogen) atoms. The number of hydrogen-bond acceptors (Lipinski definition) is 3. The van der Waals surface area contributed by atoms with E-state index in [0.717, 1.165) is 16.9 Å². The summed E-state index contributed by atoms with van der Waals surface area (Å²) in [6.07, 6.45) is 3.53. The highest BCUT2D eigenvalue weighted by Gasteiger charge is 2.11. The quantitative estimate of drug-likeness (QED) is 0.852. The Balaban J connectivity index is 2.21. The normalized spacial score (nSPS) is 12.5. The lowest BCUT2D eigenvalue weighted by Crippen LogP contribution is -2.12. The van der Waals surface area contributed by atoms with E-state index in [4.69, 9.17) is 11.6 Å². The van der Waals surface area contributed by atoms with Gasteiger partial charge in [-0.15, -0.1) is 0 Å². The van der Waals surface area contributed by atoms with Crippen molar-refractivity contribution in [2.45, 2.75) is 19.9 Å². The zero-order valence-corrected chi connectivity index (χ0v) is 10.9. The van der Waals surface area contributed by atoms with Crippen molar-refractivity contribution >= 4 is 17.3 Å². The lowest BCUT2D eigenvalue weighted by atomic mass is 10.2. The summed E-state index contributed by atoms with van der Waals surface area (Å²) in [4.78, 5) is 4.12. The highest BCUT2D eigenvalue weighted by atomic mass is 35.5. The summed E-state index contributed by atoms with van der Waals surface area (Å²) in [5.74, 6) is 0. The number of halogens is 1. The molecule has 90 valence electrons. The van der Waals surface area contributed by atoms with E-state index in [0.29, 0.717) is 5.15 Å². The number of anilines is 1. The Morgan fingerprint density at radius 3 is 2.88 bits per heavy atom. The van der Waals surface area contributed by atoms with Gasteiger partial charge >= 0.3 is 0 Å². The van der Waals surface area contributed by atoms with Crippen molar-refractivity contribution in [3.8, 4) is 0 Å². The Bertz CT molecular complexity index is 521. The second-order valence-electron chi connectivity index (χ2n) is 4.10. The van der Waals surface area contributed by atoms with E-state index in [1.165, 1.54) is 0 Å². The van der Waals surface area contributed by atoms with Crippen LogP contribution in [0, 0.1) is 6.92 Å². The third-order valence-electron chi connectivity index (χ3n) is 2.65. The SMILES string of the molecule is Cc1cnc(Cl)c(NC(C)c2ccnn2C)c1. The molecule has 0 aliphatic heterocycles. The summed E-state index contributed by atoms with van der Waals surface area (Å²) < 4.78 is 1.84. The molecule has 0 aromatic carbocycles. The molecule has 1 unspecified atom stereocenters. The summed E-state index contributed by atoms with van der Waals surface area (Å²) >= 11 is 6.05. The molecule has 1 atom stereocenters. The van der Waals surface area contributed by atoms with Crippen LogP contribution in [0.1, 0.15) is 24.2 Å². The molecule has 0 saturated heterocycles. The fourth-order valence-corrected chi connectivity index (χ4v) is 1.93. The largest absolute Gasteiger partial charge is 0.374 e. The summed E-state index contributed by atoms with van der Waals surface area (Å²) in [6.45, 7) is 4.05. The maximum atomic E-state index is 6.05. The van der Waals surface area contributed by atoms with Crippen LogP contribution in [0.2, 0.25) is 5.15 Å². The van der Waals surface area contributed by atoms with E-state index in [1.54, 1.807) is 12.4 Å². The molecule has 4 nitrogen and oxygen atoms in total. The van der Waals surface area contributed by atoms with Crippen LogP contribution >= 0.6 is 11.6 Å². The first-order valence-corrected chi connectivity index (χ1v) is 5.82. The molecule has 0 aliphatic rings. The van der Waals surface area contributed by atoms with Gasteiger partial charge in [0.25, 0.3) is 0 Å². The molecule has 0 bridgehead atoms. The average molecular weight is 251 g/mol. The predicted molar refractivity (Wildman–Crippen MR) is 69.2 cm³/mol. The molecule has 0 aliphatic carbocycles. The molecule has 0 radical (unpaired) electrons. The topological polar surface area (TPSA) is 42.7 Å². The van der Waals surface area contributed by atoms with E-state index in [2.05, 4.69) is 22.3 Å². The number of nitrogens with zero attached hydrogens (tertiary/aromatic N) is 3. The fraction of sp³-hybridized carbons (Fsp3) is 0.333. The van der Waals surface area contributed by atoms with Gasteiger partial charge in [0.15, 0.2) is 5.15 Å². The van der Waals surface area contributed by atoms with Crippen molar-refractivity contribution in [3.63, 3.8) is 0 Å². The van der Waals surface area contributed by atoms with Gasteiger partial charge < -0.3 is 5.32 Å². The second-order valence-corrected chi connectivity index (χ2v) is 4.45. The first kappa shape index (κ1) is 11.9. The van der Waals surface area contributed by atoms with Crippen LogP contribution < -0.4 is 5.32 Å². The summed E-state index contributed by atoms with van der Waals surface area (Å²) in [6, 6.07) is 4.10. The molecule has 0 fully saturated rings. The van der Waals surface area contributed by atoms with Crippen LogP contribution in [-0.2, 0) is 7.05 Å². The van der Waals surface area contributed by atoms with Gasteiger partial charge in [-0.05, 0) is 31.5 Å². The van der Waals surface area contributed by atoms with Gasteiger partial charge in [-0.3, -0.25) is 4.68 Å².